The highest BCUT2D eigenvalue weighted by atomic mass is 35.5. The van der Waals surface area contributed by atoms with E-state index < -0.39 is 0 Å². The average molecular weight is 345 g/mol. The largest absolute Gasteiger partial charge is 0.333 e. The van der Waals surface area contributed by atoms with Crippen molar-refractivity contribution in [2.45, 2.75) is 44.8 Å². The van der Waals surface area contributed by atoms with Crippen molar-refractivity contribution in [1.29, 1.82) is 0 Å². The van der Waals surface area contributed by atoms with Gasteiger partial charge in [-0.1, -0.05) is 35.9 Å². The molecule has 1 saturated carbocycles. The summed E-state index contributed by atoms with van der Waals surface area (Å²) < 4.78 is 1.57. The molecule has 3 rings (SSSR count). The van der Waals surface area contributed by atoms with Crippen molar-refractivity contribution in [3.63, 3.8) is 0 Å². The SMILES string of the molecule is CC(c1ccccc1Cl)N(C(=O)CCn1ccccc1=O)C1CC1. The first-order valence-corrected chi connectivity index (χ1v) is 8.67. The molecule has 1 aliphatic carbocycles. The van der Waals surface area contributed by atoms with E-state index >= 15 is 0 Å². The summed E-state index contributed by atoms with van der Waals surface area (Å²) in [5, 5.41) is 0.683. The van der Waals surface area contributed by atoms with Gasteiger partial charge in [0.25, 0.3) is 5.56 Å². The molecule has 1 aliphatic rings. The molecular weight excluding hydrogens is 324 g/mol. The van der Waals surface area contributed by atoms with Gasteiger partial charge in [0.1, 0.15) is 0 Å². The predicted molar refractivity (Wildman–Crippen MR) is 95.1 cm³/mol. The molecule has 1 amide bonds. The lowest BCUT2D eigenvalue weighted by atomic mass is 10.1. The molecule has 0 saturated heterocycles. The standard InChI is InChI=1S/C19H21ClN2O2/c1-14(16-6-2-3-7-17(16)20)22(15-9-10-15)19(24)11-13-21-12-5-4-8-18(21)23/h2-8,12,14-15H,9-11,13H2,1H3. The van der Waals surface area contributed by atoms with Gasteiger partial charge in [0, 0.05) is 36.3 Å². The van der Waals surface area contributed by atoms with Gasteiger partial charge in [0.15, 0.2) is 0 Å². The van der Waals surface area contributed by atoms with Gasteiger partial charge in [-0.05, 0) is 37.5 Å². The summed E-state index contributed by atoms with van der Waals surface area (Å²) in [6, 6.07) is 12.9. The summed E-state index contributed by atoms with van der Waals surface area (Å²) in [4.78, 5) is 26.5. The number of aromatic nitrogens is 1. The van der Waals surface area contributed by atoms with Crippen LogP contribution in [0.3, 0.4) is 0 Å². The molecule has 0 bridgehead atoms. The second-order valence-corrected chi connectivity index (χ2v) is 6.62. The Bertz CT molecular complexity index is 783. The molecule has 24 heavy (non-hydrogen) atoms. The van der Waals surface area contributed by atoms with E-state index in [2.05, 4.69) is 0 Å². The third kappa shape index (κ3) is 3.70. The van der Waals surface area contributed by atoms with Crippen LogP contribution in [-0.4, -0.2) is 21.4 Å². The molecule has 2 aromatic rings. The molecule has 0 N–H and O–H groups in total. The highest BCUT2D eigenvalue weighted by molar-refractivity contribution is 6.31. The van der Waals surface area contributed by atoms with Gasteiger partial charge in [-0.2, -0.15) is 0 Å². The fourth-order valence-electron chi connectivity index (χ4n) is 3.04. The Kier molecular flexibility index (Phi) is 5.05. The number of hydrogen-bond acceptors (Lipinski definition) is 2. The summed E-state index contributed by atoms with van der Waals surface area (Å²) in [7, 11) is 0. The maximum Gasteiger partial charge on any atom is 0.250 e. The predicted octanol–water partition coefficient (Wildman–Crippen LogP) is 3.64. The maximum atomic E-state index is 12.8. The zero-order chi connectivity index (χ0) is 17.1. The smallest absolute Gasteiger partial charge is 0.250 e. The summed E-state index contributed by atoms with van der Waals surface area (Å²) in [6.45, 7) is 2.42. The van der Waals surface area contributed by atoms with Crippen LogP contribution in [0.15, 0.2) is 53.5 Å². The lowest BCUT2D eigenvalue weighted by Gasteiger charge is -2.30. The molecule has 1 aromatic carbocycles. The highest BCUT2D eigenvalue weighted by Crippen LogP contribution is 2.36. The van der Waals surface area contributed by atoms with Crippen molar-refractivity contribution in [3.8, 4) is 0 Å². The topological polar surface area (TPSA) is 42.3 Å². The van der Waals surface area contributed by atoms with Crippen molar-refractivity contribution >= 4 is 17.5 Å². The Morgan fingerprint density at radius 3 is 2.62 bits per heavy atom. The number of rotatable bonds is 6. The van der Waals surface area contributed by atoms with Gasteiger partial charge in [-0.25, -0.2) is 0 Å². The molecule has 0 radical (unpaired) electrons. The van der Waals surface area contributed by atoms with Crippen LogP contribution in [0.4, 0.5) is 0 Å². The molecule has 1 aromatic heterocycles. The molecule has 0 aliphatic heterocycles. The third-order valence-electron chi connectivity index (χ3n) is 4.47. The van der Waals surface area contributed by atoms with E-state index in [1.807, 2.05) is 36.1 Å². The minimum absolute atomic E-state index is 0.0637. The first kappa shape index (κ1) is 16.8. The Labute approximate surface area is 146 Å². The Morgan fingerprint density at radius 1 is 1.25 bits per heavy atom. The van der Waals surface area contributed by atoms with Crippen molar-refractivity contribution < 1.29 is 4.79 Å². The molecule has 1 atom stereocenters. The molecular formula is C19H21ClN2O2. The van der Waals surface area contributed by atoms with Crippen LogP contribution >= 0.6 is 11.6 Å². The number of benzene rings is 1. The summed E-state index contributed by atoms with van der Waals surface area (Å²) in [5.41, 5.74) is 0.888. The van der Waals surface area contributed by atoms with Crippen LogP contribution in [-0.2, 0) is 11.3 Å². The van der Waals surface area contributed by atoms with E-state index in [-0.39, 0.29) is 23.6 Å². The quantitative estimate of drug-likeness (QED) is 0.802. The number of aryl methyl sites for hydroxylation is 1. The van der Waals surface area contributed by atoms with Gasteiger partial charge >= 0.3 is 0 Å². The van der Waals surface area contributed by atoms with Crippen LogP contribution in [0.1, 0.15) is 37.8 Å². The second-order valence-electron chi connectivity index (χ2n) is 6.21. The van der Waals surface area contributed by atoms with Gasteiger partial charge < -0.3 is 9.47 Å². The summed E-state index contributed by atoms with van der Waals surface area (Å²) in [6.07, 6.45) is 4.10. The Balaban J connectivity index is 1.74. The number of carbonyl (C=O) groups is 1. The van der Waals surface area contributed by atoms with Crippen molar-refractivity contribution in [3.05, 3.63) is 69.6 Å². The molecule has 126 valence electrons. The highest BCUT2D eigenvalue weighted by Gasteiger charge is 2.36. The maximum absolute atomic E-state index is 12.8. The first-order chi connectivity index (χ1) is 11.6. The van der Waals surface area contributed by atoms with Crippen LogP contribution in [0.25, 0.3) is 0 Å². The normalized spacial score (nSPS) is 15.1. The summed E-state index contributed by atoms with van der Waals surface area (Å²) in [5.74, 6) is 0.0701. The zero-order valence-corrected chi connectivity index (χ0v) is 14.4. The number of hydrogen-bond donors (Lipinski definition) is 0. The van der Waals surface area contributed by atoms with Crippen molar-refractivity contribution in [2.75, 3.05) is 0 Å². The van der Waals surface area contributed by atoms with Gasteiger partial charge in [-0.3, -0.25) is 9.59 Å². The minimum atomic E-state index is -0.0811. The number of pyridine rings is 1. The third-order valence-corrected chi connectivity index (χ3v) is 4.81. The van der Waals surface area contributed by atoms with E-state index in [1.165, 1.54) is 6.07 Å². The van der Waals surface area contributed by atoms with E-state index in [9.17, 15) is 9.59 Å². The van der Waals surface area contributed by atoms with Crippen LogP contribution < -0.4 is 5.56 Å². The summed E-state index contributed by atoms with van der Waals surface area (Å²) >= 11 is 6.30. The lowest BCUT2D eigenvalue weighted by molar-refractivity contribution is -0.134. The Morgan fingerprint density at radius 2 is 1.96 bits per heavy atom. The monoisotopic (exact) mass is 344 g/mol. The number of carbonyl (C=O) groups excluding carboxylic acids is 1. The number of nitrogens with zero attached hydrogens (tertiary/aromatic N) is 2. The Hall–Kier alpha value is -2.07. The molecule has 0 spiro atoms. The molecule has 5 heteroatoms. The van der Waals surface area contributed by atoms with Gasteiger partial charge in [-0.15, -0.1) is 0 Å². The van der Waals surface area contributed by atoms with Crippen molar-refractivity contribution in [2.24, 2.45) is 0 Å². The van der Waals surface area contributed by atoms with Crippen LogP contribution in [0.2, 0.25) is 5.02 Å². The number of amides is 1. The second kappa shape index (κ2) is 7.22. The molecule has 1 fully saturated rings. The minimum Gasteiger partial charge on any atom is -0.333 e. The fourth-order valence-corrected chi connectivity index (χ4v) is 3.34. The lowest BCUT2D eigenvalue weighted by Crippen LogP contribution is -2.36. The van der Waals surface area contributed by atoms with E-state index in [1.54, 1.807) is 22.9 Å². The molecule has 1 heterocycles. The van der Waals surface area contributed by atoms with Crippen LogP contribution in [0.5, 0.6) is 0 Å². The van der Waals surface area contributed by atoms with Gasteiger partial charge in [0.2, 0.25) is 5.91 Å². The average Bonchev–Trinajstić information content (AvgIpc) is 3.39. The zero-order valence-electron chi connectivity index (χ0n) is 13.7. The number of halogens is 1. The van der Waals surface area contributed by atoms with E-state index in [4.69, 9.17) is 11.6 Å². The van der Waals surface area contributed by atoms with E-state index in [0.29, 0.717) is 18.0 Å². The van der Waals surface area contributed by atoms with Gasteiger partial charge in [0.05, 0.1) is 6.04 Å². The van der Waals surface area contributed by atoms with Crippen LogP contribution in [0, 0.1) is 0 Å². The molecule has 4 nitrogen and oxygen atoms in total. The van der Waals surface area contributed by atoms with Crippen molar-refractivity contribution in [1.82, 2.24) is 9.47 Å². The fraction of sp³-hybridized carbons (Fsp3) is 0.368. The van der Waals surface area contributed by atoms with E-state index in [0.717, 1.165) is 18.4 Å². The molecule has 1 unspecified atom stereocenters. The first-order valence-electron chi connectivity index (χ1n) is 8.29.